The maximum Gasteiger partial charge on any atom is 0.320 e. The molecule has 0 saturated carbocycles. The Morgan fingerprint density at radius 1 is 1.18 bits per heavy atom. The van der Waals surface area contributed by atoms with Crippen molar-refractivity contribution in [1.29, 1.82) is 0 Å². The standard InChI is InChI=1S/C15H16BrN5O/c1-2-21-13-11(18-14(21)16)12(17)19-15(20-13)22-9-8-10-6-4-3-5-7-10/h3-7H,2,8-9H2,1H3,(H2,17,19,20). The zero-order valence-corrected chi connectivity index (χ0v) is 13.7. The highest BCUT2D eigenvalue weighted by atomic mass is 79.9. The van der Waals surface area contributed by atoms with Crippen molar-refractivity contribution in [3.63, 3.8) is 0 Å². The second-order valence-corrected chi connectivity index (χ2v) is 5.48. The van der Waals surface area contributed by atoms with Crippen LogP contribution in [-0.4, -0.2) is 26.1 Å². The summed E-state index contributed by atoms with van der Waals surface area (Å²) < 4.78 is 8.25. The Kier molecular flexibility index (Phi) is 4.24. The van der Waals surface area contributed by atoms with Gasteiger partial charge in [0.25, 0.3) is 0 Å². The van der Waals surface area contributed by atoms with Gasteiger partial charge in [-0.2, -0.15) is 9.97 Å². The van der Waals surface area contributed by atoms with E-state index in [1.54, 1.807) is 0 Å². The number of aryl methyl sites for hydroxylation is 1. The van der Waals surface area contributed by atoms with Crippen molar-refractivity contribution in [2.75, 3.05) is 12.3 Å². The third-order valence-electron chi connectivity index (χ3n) is 3.34. The van der Waals surface area contributed by atoms with Gasteiger partial charge in [-0.05, 0) is 28.4 Å². The predicted molar refractivity (Wildman–Crippen MR) is 88.8 cm³/mol. The second-order valence-electron chi connectivity index (χ2n) is 4.77. The van der Waals surface area contributed by atoms with Gasteiger partial charge in [0.15, 0.2) is 21.7 Å². The first kappa shape index (κ1) is 14.8. The number of nitrogen functional groups attached to an aromatic ring is 1. The average Bonchev–Trinajstić information content (AvgIpc) is 2.84. The van der Waals surface area contributed by atoms with Crippen LogP contribution in [0.4, 0.5) is 5.82 Å². The van der Waals surface area contributed by atoms with E-state index in [-0.39, 0.29) is 6.01 Å². The van der Waals surface area contributed by atoms with Gasteiger partial charge >= 0.3 is 6.01 Å². The lowest BCUT2D eigenvalue weighted by Gasteiger charge is -2.06. The molecule has 1 aromatic carbocycles. The number of nitrogens with two attached hydrogens (primary N) is 1. The van der Waals surface area contributed by atoms with E-state index in [2.05, 4.69) is 43.0 Å². The summed E-state index contributed by atoms with van der Waals surface area (Å²) in [6.45, 7) is 3.24. The number of hydrogen-bond donors (Lipinski definition) is 1. The monoisotopic (exact) mass is 361 g/mol. The first-order valence-corrected chi connectivity index (χ1v) is 7.84. The largest absolute Gasteiger partial charge is 0.463 e. The highest BCUT2D eigenvalue weighted by Gasteiger charge is 2.14. The molecular weight excluding hydrogens is 346 g/mol. The van der Waals surface area contributed by atoms with E-state index in [0.29, 0.717) is 28.3 Å². The molecule has 3 aromatic rings. The van der Waals surface area contributed by atoms with Crippen molar-refractivity contribution in [2.45, 2.75) is 19.9 Å². The minimum atomic E-state index is 0.281. The Bertz CT molecular complexity index is 787. The molecular formula is C15H16BrN5O. The van der Waals surface area contributed by atoms with Gasteiger partial charge in [-0.15, -0.1) is 0 Å². The van der Waals surface area contributed by atoms with Crippen LogP contribution in [0.3, 0.4) is 0 Å². The van der Waals surface area contributed by atoms with Crippen molar-refractivity contribution >= 4 is 32.9 Å². The summed E-state index contributed by atoms with van der Waals surface area (Å²) in [5.41, 5.74) is 8.42. The molecule has 0 aliphatic heterocycles. The SMILES string of the molecule is CCn1c(Br)nc2c(N)nc(OCCc3ccccc3)nc21. The van der Waals surface area contributed by atoms with Gasteiger partial charge in [0, 0.05) is 13.0 Å². The van der Waals surface area contributed by atoms with E-state index in [4.69, 9.17) is 10.5 Å². The Morgan fingerprint density at radius 2 is 1.95 bits per heavy atom. The smallest absolute Gasteiger partial charge is 0.320 e. The van der Waals surface area contributed by atoms with Crippen molar-refractivity contribution in [2.24, 2.45) is 0 Å². The van der Waals surface area contributed by atoms with Crippen molar-refractivity contribution in [3.8, 4) is 6.01 Å². The van der Waals surface area contributed by atoms with Gasteiger partial charge < -0.3 is 15.0 Å². The van der Waals surface area contributed by atoms with Crippen LogP contribution in [0.5, 0.6) is 6.01 Å². The number of rotatable bonds is 5. The van der Waals surface area contributed by atoms with E-state index in [0.717, 1.165) is 13.0 Å². The number of anilines is 1. The van der Waals surface area contributed by atoms with Gasteiger partial charge in [0.1, 0.15) is 0 Å². The average molecular weight is 362 g/mol. The molecule has 0 fully saturated rings. The van der Waals surface area contributed by atoms with Crippen LogP contribution in [0.2, 0.25) is 0 Å². The lowest BCUT2D eigenvalue weighted by molar-refractivity contribution is 0.297. The van der Waals surface area contributed by atoms with Crippen molar-refractivity contribution in [1.82, 2.24) is 19.5 Å². The van der Waals surface area contributed by atoms with Crippen LogP contribution in [0, 0.1) is 0 Å². The van der Waals surface area contributed by atoms with E-state index >= 15 is 0 Å². The quantitative estimate of drug-likeness (QED) is 0.706. The molecule has 0 amide bonds. The molecule has 0 aliphatic rings. The fourth-order valence-corrected chi connectivity index (χ4v) is 2.82. The molecule has 0 radical (unpaired) electrons. The summed E-state index contributed by atoms with van der Waals surface area (Å²) in [4.78, 5) is 12.9. The molecule has 7 heteroatoms. The van der Waals surface area contributed by atoms with E-state index in [1.807, 2.05) is 29.7 Å². The van der Waals surface area contributed by atoms with Gasteiger partial charge in [-0.3, -0.25) is 0 Å². The number of hydrogen-bond acceptors (Lipinski definition) is 5. The Balaban J connectivity index is 1.79. The van der Waals surface area contributed by atoms with Crippen LogP contribution in [0.1, 0.15) is 12.5 Å². The summed E-state index contributed by atoms with van der Waals surface area (Å²) in [6, 6.07) is 10.4. The highest BCUT2D eigenvalue weighted by Crippen LogP contribution is 2.24. The zero-order valence-electron chi connectivity index (χ0n) is 12.2. The van der Waals surface area contributed by atoms with E-state index in [9.17, 15) is 0 Å². The summed E-state index contributed by atoms with van der Waals surface area (Å²) in [5.74, 6) is 0.326. The van der Waals surface area contributed by atoms with Gasteiger partial charge in [-0.25, -0.2) is 4.98 Å². The Morgan fingerprint density at radius 3 is 2.68 bits per heavy atom. The molecule has 0 saturated heterocycles. The third-order valence-corrected chi connectivity index (χ3v) is 3.94. The van der Waals surface area contributed by atoms with Crippen molar-refractivity contribution in [3.05, 3.63) is 40.6 Å². The molecule has 2 aromatic heterocycles. The van der Waals surface area contributed by atoms with Crippen LogP contribution in [0.25, 0.3) is 11.2 Å². The second kappa shape index (κ2) is 6.31. The lowest BCUT2D eigenvalue weighted by atomic mass is 10.2. The molecule has 3 rings (SSSR count). The van der Waals surface area contributed by atoms with Crippen LogP contribution < -0.4 is 10.5 Å². The minimum absolute atomic E-state index is 0.281. The predicted octanol–water partition coefficient (Wildman–Crippen LogP) is 2.81. The Labute approximate surface area is 136 Å². The number of halogens is 1. The fraction of sp³-hybridized carbons (Fsp3) is 0.267. The van der Waals surface area contributed by atoms with Gasteiger partial charge in [-0.1, -0.05) is 30.3 Å². The maximum absolute atomic E-state index is 5.95. The number of fused-ring (bicyclic) bond motifs is 1. The minimum Gasteiger partial charge on any atom is -0.463 e. The summed E-state index contributed by atoms with van der Waals surface area (Å²) >= 11 is 3.40. The normalized spacial score (nSPS) is 11.0. The van der Waals surface area contributed by atoms with Crippen LogP contribution in [0.15, 0.2) is 35.1 Å². The highest BCUT2D eigenvalue weighted by molar-refractivity contribution is 9.10. The molecule has 22 heavy (non-hydrogen) atoms. The van der Waals surface area contributed by atoms with Gasteiger partial charge in [0.05, 0.1) is 6.61 Å². The number of imidazole rings is 1. The Hall–Kier alpha value is -2.15. The number of benzene rings is 1. The van der Waals surface area contributed by atoms with Crippen LogP contribution >= 0.6 is 15.9 Å². The lowest BCUT2D eigenvalue weighted by Crippen LogP contribution is -2.07. The fourth-order valence-electron chi connectivity index (χ4n) is 2.22. The first-order chi connectivity index (χ1) is 10.7. The number of aromatic nitrogens is 4. The molecule has 0 bridgehead atoms. The molecule has 6 nitrogen and oxygen atoms in total. The molecule has 2 N–H and O–H groups in total. The van der Waals surface area contributed by atoms with Gasteiger partial charge in [0.2, 0.25) is 0 Å². The zero-order chi connectivity index (χ0) is 15.5. The van der Waals surface area contributed by atoms with Crippen LogP contribution in [-0.2, 0) is 13.0 Å². The topological polar surface area (TPSA) is 78.9 Å². The molecule has 0 atom stereocenters. The number of nitrogens with zero attached hydrogens (tertiary/aromatic N) is 4. The first-order valence-electron chi connectivity index (χ1n) is 7.05. The third kappa shape index (κ3) is 2.89. The van der Waals surface area contributed by atoms with E-state index in [1.165, 1.54) is 5.56 Å². The molecule has 0 aliphatic carbocycles. The summed E-state index contributed by atoms with van der Waals surface area (Å²) in [5, 5.41) is 0. The van der Waals surface area contributed by atoms with Crippen molar-refractivity contribution < 1.29 is 4.74 Å². The molecule has 114 valence electrons. The summed E-state index contributed by atoms with van der Waals surface area (Å²) in [7, 11) is 0. The maximum atomic E-state index is 5.95. The molecule has 0 spiro atoms. The molecule has 0 unspecified atom stereocenters. The summed E-state index contributed by atoms with van der Waals surface area (Å²) in [6.07, 6.45) is 0.791. The van der Waals surface area contributed by atoms with E-state index < -0.39 is 0 Å². The number of ether oxygens (including phenoxy) is 1. The molecule has 2 heterocycles.